The minimum absolute atomic E-state index is 0.0211. The van der Waals surface area contributed by atoms with Gasteiger partial charge in [-0.25, -0.2) is 4.79 Å². The van der Waals surface area contributed by atoms with Crippen molar-refractivity contribution in [1.82, 2.24) is 10.6 Å². The Kier molecular flexibility index (Phi) is 6.62. The number of nitriles is 2. The highest BCUT2D eigenvalue weighted by molar-refractivity contribution is 7.11. The Morgan fingerprint density at radius 3 is 2.35 bits per heavy atom. The van der Waals surface area contributed by atoms with Gasteiger partial charge in [0.15, 0.2) is 5.57 Å². The summed E-state index contributed by atoms with van der Waals surface area (Å²) in [6.45, 7) is 7.97. The van der Waals surface area contributed by atoms with E-state index in [1.807, 2.05) is 30.5 Å². The van der Waals surface area contributed by atoms with Gasteiger partial charge in [0.2, 0.25) is 0 Å². The van der Waals surface area contributed by atoms with E-state index in [0.29, 0.717) is 18.8 Å². The van der Waals surface area contributed by atoms with E-state index < -0.39 is 11.7 Å². The number of ether oxygens (including phenoxy) is 1. The molecule has 0 aliphatic rings. The molecule has 0 unspecified atom stereocenters. The number of carbonyl (C=O) groups excluding carboxylic acids is 1. The zero-order valence-corrected chi connectivity index (χ0v) is 14.5. The lowest BCUT2D eigenvalue weighted by Gasteiger charge is -2.20. The lowest BCUT2D eigenvalue weighted by molar-refractivity contribution is 0.0529. The molecule has 1 rings (SSSR count). The Balaban J connectivity index is 2.67. The summed E-state index contributed by atoms with van der Waals surface area (Å²) in [7, 11) is 0. The average molecular weight is 332 g/mol. The predicted molar refractivity (Wildman–Crippen MR) is 89.4 cm³/mol. The third kappa shape index (κ3) is 6.01. The van der Waals surface area contributed by atoms with Crippen LogP contribution in [0.4, 0.5) is 4.79 Å². The molecule has 1 heterocycles. The van der Waals surface area contributed by atoms with Crippen molar-refractivity contribution < 1.29 is 9.53 Å². The Labute approximate surface area is 140 Å². The van der Waals surface area contributed by atoms with Crippen molar-refractivity contribution in [2.24, 2.45) is 0 Å². The minimum Gasteiger partial charge on any atom is -0.444 e. The molecule has 0 atom stereocenters. The molecule has 1 aromatic rings. The maximum Gasteiger partial charge on any atom is 0.407 e. The maximum absolute atomic E-state index is 11.6. The Hall–Kier alpha value is -2.51. The van der Waals surface area contributed by atoms with Crippen molar-refractivity contribution in [3.05, 3.63) is 27.5 Å². The maximum atomic E-state index is 11.6. The molecule has 122 valence electrons. The van der Waals surface area contributed by atoms with E-state index in [-0.39, 0.29) is 5.57 Å². The molecular weight excluding hydrogens is 312 g/mol. The second-order valence-corrected chi connectivity index (χ2v) is 6.68. The van der Waals surface area contributed by atoms with E-state index in [0.717, 1.165) is 10.4 Å². The number of nitrogens with one attached hydrogen (secondary N) is 2. The predicted octanol–water partition coefficient (Wildman–Crippen LogP) is 2.93. The standard InChI is InChI=1S/C16H20N4O2S/c1-11-5-8-23-14(11)13(12(9-17)10-18)19-6-7-20-15(21)22-16(2,3)4/h5,8,19H,6-7H2,1-4H3,(H,20,21). The molecule has 6 nitrogen and oxygen atoms in total. The van der Waals surface area contributed by atoms with Crippen LogP contribution in [0, 0.1) is 29.6 Å². The number of rotatable bonds is 5. The molecule has 1 amide bonds. The van der Waals surface area contributed by atoms with Crippen molar-refractivity contribution in [3.63, 3.8) is 0 Å². The summed E-state index contributed by atoms with van der Waals surface area (Å²) in [6, 6.07) is 5.72. The van der Waals surface area contributed by atoms with Crippen LogP contribution in [0.25, 0.3) is 5.70 Å². The fraction of sp³-hybridized carbons (Fsp3) is 0.438. The second-order valence-electron chi connectivity index (χ2n) is 5.76. The zero-order valence-electron chi connectivity index (χ0n) is 13.7. The van der Waals surface area contributed by atoms with E-state index in [1.165, 1.54) is 11.3 Å². The first-order chi connectivity index (χ1) is 10.8. The van der Waals surface area contributed by atoms with Crippen molar-refractivity contribution in [2.75, 3.05) is 13.1 Å². The van der Waals surface area contributed by atoms with Crippen LogP contribution in [0.2, 0.25) is 0 Å². The van der Waals surface area contributed by atoms with E-state index in [2.05, 4.69) is 10.6 Å². The molecule has 0 saturated carbocycles. The number of aryl methyl sites for hydroxylation is 1. The lowest BCUT2D eigenvalue weighted by atomic mass is 10.1. The molecule has 7 heteroatoms. The van der Waals surface area contributed by atoms with Gasteiger partial charge in [0.25, 0.3) is 0 Å². The van der Waals surface area contributed by atoms with E-state index in [9.17, 15) is 4.79 Å². The summed E-state index contributed by atoms with van der Waals surface area (Å²) in [5.41, 5.74) is 0.952. The van der Waals surface area contributed by atoms with Gasteiger partial charge >= 0.3 is 6.09 Å². The van der Waals surface area contributed by atoms with Gasteiger partial charge in [-0.3, -0.25) is 0 Å². The number of carbonyl (C=O) groups is 1. The van der Waals surface area contributed by atoms with E-state index >= 15 is 0 Å². The fourth-order valence-corrected chi connectivity index (χ4v) is 2.67. The second kappa shape index (κ2) is 8.21. The van der Waals surface area contributed by atoms with Crippen LogP contribution in [0.15, 0.2) is 17.0 Å². The van der Waals surface area contributed by atoms with Crippen LogP contribution >= 0.6 is 11.3 Å². The number of thiophene rings is 1. The Morgan fingerprint density at radius 1 is 1.26 bits per heavy atom. The van der Waals surface area contributed by atoms with E-state index in [1.54, 1.807) is 20.8 Å². The third-order valence-corrected chi connectivity index (χ3v) is 3.69. The summed E-state index contributed by atoms with van der Waals surface area (Å²) < 4.78 is 5.13. The first kappa shape index (κ1) is 18.5. The van der Waals surface area contributed by atoms with Gasteiger partial charge in [-0.15, -0.1) is 11.3 Å². The summed E-state index contributed by atoms with van der Waals surface area (Å²) >= 11 is 1.45. The quantitative estimate of drug-likeness (QED) is 0.638. The van der Waals surface area contributed by atoms with Gasteiger partial charge in [-0.2, -0.15) is 10.5 Å². The molecule has 0 spiro atoms. The monoisotopic (exact) mass is 332 g/mol. The summed E-state index contributed by atoms with van der Waals surface area (Å²) in [6.07, 6.45) is -0.502. The zero-order chi connectivity index (χ0) is 17.5. The minimum atomic E-state index is -0.550. The molecule has 0 bridgehead atoms. The van der Waals surface area contributed by atoms with Crippen LogP contribution in [-0.2, 0) is 4.74 Å². The summed E-state index contributed by atoms with van der Waals surface area (Å²) in [4.78, 5) is 12.4. The van der Waals surface area contributed by atoms with Crippen LogP contribution in [-0.4, -0.2) is 24.8 Å². The average Bonchev–Trinajstić information content (AvgIpc) is 2.86. The first-order valence-corrected chi connectivity index (χ1v) is 7.96. The first-order valence-electron chi connectivity index (χ1n) is 7.08. The topological polar surface area (TPSA) is 97.9 Å². The highest BCUT2D eigenvalue weighted by Gasteiger charge is 2.16. The number of allylic oxidation sites excluding steroid dienone is 1. The largest absolute Gasteiger partial charge is 0.444 e. The third-order valence-electron chi connectivity index (χ3n) is 2.66. The molecule has 0 saturated heterocycles. The number of nitrogens with zero attached hydrogens (tertiary/aromatic N) is 2. The van der Waals surface area contributed by atoms with Crippen LogP contribution in [0.5, 0.6) is 0 Å². The number of alkyl carbamates (subject to hydrolysis) is 1. The molecule has 0 aliphatic heterocycles. The number of hydrogen-bond acceptors (Lipinski definition) is 6. The van der Waals surface area contributed by atoms with Gasteiger partial charge < -0.3 is 15.4 Å². The van der Waals surface area contributed by atoms with Gasteiger partial charge in [0, 0.05) is 13.1 Å². The number of amides is 1. The van der Waals surface area contributed by atoms with Gasteiger partial charge in [-0.05, 0) is 44.7 Å². The van der Waals surface area contributed by atoms with Crippen LogP contribution < -0.4 is 10.6 Å². The molecule has 1 aromatic heterocycles. The fourth-order valence-electron chi connectivity index (χ4n) is 1.71. The van der Waals surface area contributed by atoms with Gasteiger partial charge in [0.05, 0.1) is 10.6 Å². The molecule has 23 heavy (non-hydrogen) atoms. The Morgan fingerprint density at radius 2 is 1.87 bits per heavy atom. The normalized spacial score (nSPS) is 10.2. The van der Waals surface area contributed by atoms with Crippen molar-refractivity contribution in [1.29, 1.82) is 10.5 Å². The smallest absolute Gasteiger partial charge is 0.407 e. The highest BCUT2D eigenvalue weighted by Crippen LogP contribution is 2.25. The van der Waals surface area contributed by atoms with Crippen molar-refractivity contribution in [3.8, 4) is 12.1 Å². The SMILES string of the molecule is Cc1ccsc1C(NCCNC(=O)OC(C)(C)C)=C(C#N)C#N. The van der Waals surface area contributed by atoms with Gasteiger partial charge in [0.1, 0.15) is 17.7 Å². The van der Waals surface area contributed by atoms with Crippen LogP contribution in [0.1, 0.15) is 31.2 Å². The molecule has 0 radical (unpaired) electrons. The highest BCUT2D eigenvalue weighted by atomic mass is 32.1. The van der Waals surface area contributed by atoms with E-state index in [4.69, 9.17) is 15.3 Å². The summed E-state index contributed by atoms with van der Waals surface area (Å²) in [5, 5.41) is 25.8. The molecule has 0 fully saturated rings. The molecule has 2 N–H and O–H groups in total. The number of hydrogen-bond donors (Lipinski definition) is 2. The molecule has 0 aliphatic carbocycles. The summed E-state index contributed by atoms with van der Waals surface area (Å²) in [5.74, 6) is 0. The molecular formula is C16H20N4O2S. The molecule has 0 aromatic carbocycles. The van der Waals surface area contributed by atoms with Crippen molar-refractivity contribution >= 4 is 23.1 Å². The van der Waals surface area contributed by atoms with Crippen molar-refractivity contribution in [2.45, 2.75) is 33.3 Å². The van der Waals surface area contributed by atoms with Gasteiger partial charge in [-0.1, -0.05) is 0 Å². The van der Waals surface area contributed by atoms with Crippen LogP contribution in [0.3, 0.4) is 0 Å². The lowest BCUT2D eigenvalue weighted by Crippen LogP contribution is -2.36. The Bertz CT molecular complexity index is 655.